The molecule has 0 unspecified atom stereocenters. The van der Waals surface area contributed by atoms with E-state index in [1.165, 1.54) is 11.0 Å². The highest BCUT2D eigenvalue weighted by atomic mass is 19.4. The highest BCUT2D eigenvalue weighted by Gasteiger charge is 2.34. The molecule has 0 N–H and O–H groups in total. The molecule has 0 saturated carbocycles. The van der Waals surface area contributed by atoms with Gasteiger partial charge in [-0.15, -0.1) is 13.2 Å². The maximum atomic E-state index is 13.8. The molecule has 1 aliphatic rings. The molecular weight excluding hydrogens is 346 g/mol. The topological polar surface area (TPSA) is 48.0 Å². The van der Waals surface area contributed by atoms with Gasteiger partial charge in [0.05, 0.1) is 25.8 Å². The third-order valence-corrected chi connectivity index (χ3v) is 3.23. The van der Waals surface area contributed by atoms with Crippen LogP contribution in [0.1, 0.15) is 26.3 Å². The Hall–Kier alpha value is -2.03. The fourth-order valence-corrected chi connectivity index (χ4v) is 2.07. The molecule has 0 atom stereocenters. The Kier molecular flexibility index (Phi) is 5.46. The second-order valence-electron chi connectivity index (χ2n) is 6.62. The monoisotopic (exact) mass is 365 g/mol. The summed E-state index contributed by atoms with van der Waals surface area (Å²) in [7, 11) is 0. The first-order chi connectivity index (χ1) is 11.4. The Morgan fingerprint density at radius 2 is 1.88 bits per heavy atom. The minimum atomic E-state index is -4.87. The first-order valence-corrected chi connectivity index (χ1v) is 7.57. The van der Waals surface area contributed by atoms with Crippen molar-refractivity contribution in [1.29, 1.82) is 0 Å². The number of hydrogen-bond donors (Lipinski definition) is 0. The Labute approximate surface area is 142 Å². The van der Waals surface area contributed by atoms with E-state index in [0.717, 1.165) is 6.07 Å². The quantitative estimate of drug-likeness (QED) is 0.761. The van der Waals surface area contributed by atoms with Crippen molar-refractivity contribution < 1.29 is 36.6 Å². The van der Waals surface area contributed by atoms with Gasteiger partial charge >= 0.3 is 12.5 Å². The largest absolute Gasteiger partial charge is 0.573 e. The van der Waals surface area contributed by atoms with Crippen molar-refractivity contribution in [3.63, 3.8) is 0 Å². The van der Waals surface area contributed by atoms with E-state index in [2.05, 4.69) is 4.74 Å². The number of rotatable bonds is 4. The van der Waals surface area contributed by atoms with Crippen molar-refractivity contribution in [2.45, 2.75) is 45.4 Å². The van der Waals surface area contributed by atoms with Gasteiger partial charge in [0.1, 0.15) is 17.2 Å². The predicted molar refractivity (Wildman–Crippen MR) is 79.5 cm³/mol. The third kappa shape index (κ3) is 6.08. The summed E-state index contributed by atoms with van der Waals surface area (Å²) in [6.07, 6.45) is -5.60. The molecule has 0 spiro atoms. The maximum Gasteiger partial charge on any atom is 0.573 e. The summed E-state index contributed by atoms with van der Waals surface area (Å²) in [6.45, 7) is 5.78. The van der Waals surface area contributed by atoms with E-state index in [4.69, 9.17) is 9.47 Å². The number of carbonyl (C=O) groups excluding carboxylic acids is 1. The maximum absolute atomic E-state index is 13.8. The molecule has 9 heteroatoms. The van der Waals surface area contributed by atoms with Crippen molar-refractivity contribution in [3.05, 3.63) is 29.6 Å². The highest BCUT2D eigenvalue weighted by molar-refractivity contribution is 5.69. The number of benzene rings is 1. The lowest BCUT2D eigenvalue weighted by molar-refractivity contribution is -0.274. The molecule has 1 amide bonds. The molecule has 1 heterocycles. The summed E-state index contributed by atoms with van der Waals surface area (Å²) in [5.74, 6) is -1.49. The van der Waals surface area contributed by atoms with E-state index >= 15 is 0 Å². The number of alkyl halides is 3. The van der Waals surface area contributed by atoms with Crippen LogP contribution in [0.4, 0.5) is 22.4 Å². The van der Waals surface area contributed by atoms with E-state index in [1.54, 1.807) is 20.8 Å². The van der Waals surface area contributed by atoms with Gasteiger partial charge in [-0.1, -0.05) is 6.07 Å². The van der Waals surface area contributed by atoms with Crippen LogP contribution in [0.25, 0.3) is 0 Å². The summed E-state index contributed by atoms with van der Waals surface area (Å²) in [5.41, 5.74) is -0.489. The fourth-order valence-electron chi connectivity index (χ4n) is 2.07. The first kappa shape index (κ1) is 19.3. The van der Waals surface area contributed by atoms with Crippen LogP contribution >= 0.6 is 0 Å². The van der Waals surface area contributed by atoms with Gasteiger partial charge in [0.2, 0.25) is 0 Å². The number of likely N-dealkylation sites (tertiary alicyclic amines) is 1. The van der Waals surface area contributed by atoms with Gasteiger partial charge < -0.3 is 19.1 Å². The van der Waals surface area contributed by atoms with Crippen LogP contribution in [0.3, 0.4) is 0 Å². The number of halogens is 4. The zero-order valence-corrected chi connectivity index (χ0v) is 14.0. The van der Waals surface area contributed by atoms with E-state index < -0.39 is 29.6 Å². The molecule has 2 rings (SSSR count). The average molecular weight is 365 g/mol. The van der Waals surface area contributed by atoms with Gasteiger partial charge in [-0.05, 0) is 26.8 Å². The van der Waals surface area contributed by atoms with Gasteiger partial charge in [0.15, 0.2) is 0 Å². The van der Waals surface area contributed by atoms with Crippen molar-refractivity contribution >= 4 is 6.09 Å². The van der Waals surface area contributed by atoms with Crippen molar-refractivity contribution in [3.8, 4) is 5.75 Å². The van der Waals surface area contributed by atoms with Crippen LogP contribution in [-0.2, 0) is 16.1 Å². The third-order valence-electron chi connectivity index (χ3n) is 3.23. The van der Waals surface area contributed by atoms with Crippen molar-refractivity contribution in [2.24, 2.45) is 0 Å². The van der Waals surface area contributed by atoms with Gasteiger partial charge in [0, 0.05) is 11.6 Å². The van der Waals surface area contributed by atoms with Crippen LogP contribution in [0.2, 0.25) is 0 Å². The van der Waals surface area contributed by atoms with Gasteiger partial charge in [-0.3, -0.25) is 0 Å². The average Bonchev–Trinajstić information content (AvgIpc) is 2.34. The van der Waals surface area contributed by atoms with E-state index in [1.807, 2.05) is 0 Å². The Morgan fingerprint density at radius 1 is 1.24 bits per heavy atom. The van der Waals surface area contributed by atoms with Crippen LogP contribution < -0.4 is 4.74 Å². The molecule has 5 nitrogen and oxygen atoms in total. The zero-order chi connectivity index (χ0) is 18.8. The fraction of sp³-hybridized carbons (Fsp3) is 0.562. The number of amides is 1. The molecule has 25 heavy (non-hydrogen) atoms. The number of nitrogens with zero attached hydrogens (tertiary/aromatic N) is 1. The van der Waals surface area contributed by atoms with E-state index in [-0.39, 0.29) is 18.3 Å². The SMILES string of the molecule is CC(C)(C)OC(=O)N1CC(OCc2ccc(OC(F)(F)F)cc2F)C1. The molecule has 0 bridgehead atoms. The summed E-state index contributed by atoms with van der Waals surface area (Å²) in [4.78, 5) is 13.2. The van der Waals surface area contributed by atoms with Crippen molar-refractivity contribution in [2.75, 3.05) is 13.1 Å². The Bertz CT molecular complexity index is 622. The number of hydrogen-bond acceptors (Lipinski definition) is 4. The summed E-state index contributed by atoms with van der Waals surface area (Å²) in [5, 5.41) is 0. The van der Waals surface area contributed by atoms with Crippen LogP contribution in [0.15, 0.2) is 18.2 Å². The highest BCUT2D eigenvalue weighted by Crippen LogP contribution is 2.25. The molecule has 0 radical (unpaired) electrons. The predicted octanol–water partition coefficient (Wildman–Crippen LogP) is 3.86. The smallest absolute Gasteiger partial charge is 0.444 e. The lowest BCUT2D eigenvalue weighted by atomic mass is 10.1. The Morgan fingerprint density at radius 3 is 2.40 bits per heavy atom. The first-order valence-electron chi connectivity index (χ1n) is 7.57. The molecule has 1 saturated heterocycles. The van der Waals surface area contributed by atoms with E-state index in [9.17, 15) is 22.4 Å². The molecule has 140 valence electrons. The molecule has 0 aliphatic carbocycles. The Balaban J connectivity index is 1.79. The summed E-state index contributed by atoms with van der Waals surface area (Å²) < 4.78 is 64.3. The lowest BCUT2D eigenvalue weighted by Crippen LogP contribution is -2.55. The standard InChI is InChI=1S/C16H19F4NO4/c1-15(2,3)25-14(22)21-7-12(8-21)23-9-10-4-5-11(6-13(10)17)24-16(18,19)20/h4-6,12H,7-9H2,1-3H3. The minimum Gasteiger partial charge on any atom is -0.444 e. The number of ether oxygens (including phenoxy) is 3. The second kappa shape index (κ2) is 7.07. The molecule has 1 aromatic rings. The van der Waals surface area contributed by atoms with Crippen LogP contribution in [0, 0.1) is 5.82 Å². The summed E-state index contributed by atoms with van der Waals surface area (Å²) in [6, 6.07) is 2.84. The van der Waals surface area contributed by atoms with Crippen LogP contribution in [-0.4, -0.2) is 42.2 Å². The minimum absolute atomic E-state index is 0.102. The normalized spacial score (nSPS) is 15.7. The summed E-state index contributed by atoms with van der Waals surface area (Å²) >= 11 is 0. The molecule has 0 aromatic heterocycles. The number of carbonyl (C=O) groups is 1. The van der Waals surface area contributed by atoms with Gasteiger partial charge in [-0.25, -0.2) is 9.18 Å². The molecular formula is C16H19F4NO4. The lowest BCUT2D eigenvalue weighted by Gasteiger charge is -2.39. The van der Waals surface area contributed by atoms with E-state index in [0.29, 0.717) is 19.2 Å². The van der Waals surface area contributed by atoms with Crippen molar-refractivity contribution in [1.82, 2.24) is 4.90 Å². The molecule has 1 aliphatic heterocycles. The van der Waals surface area contributed by atoms with Gasteiger partial charge in [0.25, 0.3) is 0 Å². The second-order valence-corrected chi connectivity index (χ2v) is 6.62. The molecule has 1 fully saturated rings. The van der Waals surface area contributed by atoms with Crippen LogP contribution in [0.5, 0.6) is 5.75 Å². The van der Waals surface area contributed by atoms with Gasteiger partial charge in [-0.2, -0.15) is 0 Å². The zero-order valence-electron chi connectivity index (χ0n) is 14.0. The molecule has 1 aromatic carbocycles.